The average Bonchev–Trinajstić information content (AvgIpc) is 3.20. The highest BCUT2D eigenvalue weighted by Crippen LogP contribution is 2.34. The summed E-state index contributed by atoms with van der Waals surface area (Å²) < 4.78 is 29.9. The zero-order chi connectivity index (χ0) is 19.7. The van der Waals surface area contributed by atoms with Gasteiger partial charge < -0.3 is 10.1 Å². The molecule has 1 aliphatic heterocycles. The molecule has 1 aromatic heterocycles. The fourth-order valence-electron chi connectivity index (χ4n) is 3.30. The Morgan fingerprint density at radius 2 is 1.93 bits per heavy atom. The SMILES string of the molecule is COc1ccccc1-c1nc(C(=O)NC2CCS(=O)(=O)c3ccccc32)cs1. The molecule has 3 aromatic rings. The molecule has 144 valence electrons. The molecule has 28 heavy (non-hydrogen) atoms. The third-order valence-electron chi connectivity index (χ3n) is 4.68. The second-order valence-corrected chi connectivity index (χ2v) is 9.35. The molecule has 4 rings (SSSR count). The second-order valence-electron chi connectivity index (χ2n) is 6.41. The molecule has 0 radical (unpaired) electrons. The Balaban J connectivity index is 1.58. The van der Waals surface area contributed by atoms with Gasteiger partial charge in [0.2, 0.25) is 0 Å². The molecule has 0 fully saturated rings. The predicted octanol–water partition coefficient (Wildman–Crippen LogP) is 3.47. The van der Waals surface area contributed by atoms with Crippen LogP contribution in [0.15, 0.2) is 58.8 Å². The van der Waals surface area contributed by atoms with Crippen molar-refractivity contribution in [3.63, 3.8) is 0 Å². The number of para-hydroxylation sites is 1. The van der Waals surface area contributed by atoms with Gasteiger partial charge >= 0.3 is 0 Å². The van der Waals surface area contributed by atoms with Crippen molar-refractivity contribution in [2.45, 2.75) is 17.4 Å². The molecule has 1 N–H and O–H groups in total. The summed E-state index contributed by atoms with van der Waals surface area (Å²) in [5.74, 6) is 0.380. The van der Waals surface area contributed by atoms with Crippen LogP contribution in [-0.2, 0) is 9.84 Å². The van der Waals surface area contributed by atoms with Gasteiger partial charge in [-0.15, -0.1) is 11.3 Å². The molecule has 2 heterocycles. The number of fused-ring (bicyclic) bond motifs is 1. The summed E-state index contributed by atoms with van der Waals surface area (Å²) in [6, 6.07) is 13.9. The molecule has 0 saturated carbocycles. The average molecular weight is 415 g/mol. The smallest absolute Gasteiger partial charge is 0.271 e. The van der Waals surface area contributed by atoms with E-state index in [9.17, 15) is 13.2 Å². The zero-order valence-electron chi connectivity index (χ0n) is 15.1. The number of rotatable bonds is 4. The van der Waals surface area contributed by atoms with Crippen LogP contribution < -0.4 is 10.1 Å². The molecular formula is C20H18N2O4S2. The van der Waals surface area contributed by atoms with E-state index < -0.39 is 9.84 Å². The molecule has 0 aliphatic carbocycles. The Labute approximate surface area is 167 Å². The maximum absolute atomic E-state index is 12.7. The molecule has 6 nitrogen and oxygen atoms in total. The Bertz CT molecular complexity index is 1140. The van der Waals surface area contributed by atoms with Crippen molar-refractivity contribution in [1.82, 2.24) is 10.3 Å². The van der Waals surface area contributed by atoms with Crippen LogP contribution in [0.25, 0.3) is 10.6 Å². The largest absolute Gasteiger partial charge is 0.496 e. The summed E-state index contributed by atoms with van der Waals surface area (Å²) in [5.41, 5.74) is 1.75. The van der Waals surface area contributed by atoms with E-state index in [1.807, 2.05) is 24.3 Å². The maximum atomic E-state index is 12.7. The minimum absolute atomic E-state index is 0.0124. The number of nitrogens with one attached hydrogen (secondary N) is 1. The van der Waals surface area contributed by atoms with Gasteiger partial charge in [0.1, 0.15) is 16.5 Å². The van der Waals surface area contributed by atoms with Crippen molar-refractivity contribution in [1.29, 1.82) is 0 Å². The minimum Gasteiger partial charge on any atom is -0.496 e. The van der Waals surface area contributed by atoms with Gasteiger partial charge in [0.25, 0.3) is 5.91 Å². The zero-order valence-corrected chi connectivity index (χ0v) is 16.7. The molecule has 8 heteroatoms. The first-order valence-electron chi connectivity index (χ1n) is 8.71. The summed E-state index contributed by atoms with van der Waals surface area (Å²) in [7, 11) is -1.70. The Hall–Kier alpha value is -2.71. The van der Waals surface area contributed by atoms with Gasteiger partial charge in [0.15, 0.2) is 9.84 Å². The van der Waals surface area contributed by atoms with E-state index in [2.05, 4.69) is 10.3 Å². The molecule has 1 amide bonds. The summed E-state index contributed by atoms with van der Waals surface area (Å²) >= 11 is 1.36. The van der Waals surface area contributed by atoms with Crippen molar-refractivity contribution in [3.8, 4) is 16.3 Å². The van der Waals surface area contributed by atoms with Crippen molar-refractivity contribution >= 4 is 27.1 Å². The van der Waals surface area contributed by atoms with Crippen LogP contribution in [-0.4, -0.2) is 32.2 Å². The fourth-order valence-corrected chi connectivity index (χ4v) is 5.75. The van der Waals surface area contributed by atoms with Gasteiger partial charge in [-0.1, -0.05) is 30.3 Å². The fraction of sp³-hybridized carbons (Fsp3) is 0.200. The summed E-state index contributed by atoms with van der Waals surface area (Å²) in [4.78, 5) is 17.5. The number of thiazole rings is 1. The van der Waals surface area contributed by atoms with Crippen molar-refractivity contribution in [2.75, 3.05) is 12.9 Å². The van der Waals surface area contributed by atoms with E-state index in [1.54, 1.807) is 36.8 Å². The van der Waals surface area contributed by atoms with Crippen molar-refractivity contribution < 1.29 is 17.9 Å². The van der Waals surface area contributed by atoms with E-state index in [0.717, 1.165) is 5.56 Å². The molecule has 0 bridgehead atoms. The van der Waals surface area contributed by atoms with Crippen molar-refractivity contribution in [2.24, 2.45) is 0 Å². The van der Waals surface area contributed by atoms with Gasteiger partial charge in [-0.3, -0.25) is 4.79 Å². The van der Waals surface area contributed by atoms with Crippen LogP contribution in [0.4, 0.5) is 0 Å². The topological polar surface area (TPSA) is 85.4 Å². The Morgan fingerprint density at radius 1 is 1.18 bits per heavy atom. The van der Waals surface area contributed by atoms with Crippen LogP contribution in [0, 0.1) is 0 Å². The number of aromatic nitrogens is 1. The molecular weight excluding hydrogens is 396 g/mol. The lowest BCUT2D eigenvalue weighted by molar-refractivity contribution is 0.0930. The number of methoxy groups -OCH3 is 1. The van der Waals surface area contributed by atoms with E-state index in [-0.39, 0.29) is 17.7 Å². The minimum atomic E-state index is -3.29. The molecule has 2 aromatic carbocycles. The number of nitrogens with zero attached hydrogens (tertiary/aromatic N) is 1. The highest BCUT2D eigenvalue weighted by molar-refractivity contribution is 7.91. The summed E-state index contributed by atoms with van der Waals surface area (Å²) in [6.45, 7) is 0. The van der Waals surface area contributed by atoms with Gasteiger partial charge in [-0.05, 0) is 30.2 Å². The Morgan fingerprint density at radius 3 is 2.75 bits per heavy atom. The summed E-state index contributed by atoms with van der Waals surface area (Å²) in [5, 5.41) is 5.32. The first kappa shape index (κ1) is 18.6. The number of benzene rings is 2. The second kappa shape index (κ2) is 7.37. The highest BCUT2D eigenvalue weighted by atomic mass is 32.2. The first-order chi connectivity index (χ1) is 13.5. The van der Waals surface area contributed by atoms with E-state index in [4.69, 9.17) is 4.74 Å². The number of hydrogen-bond acceptors (Lipinski definition) is 6. The maximum Gasteiger partial charge on any atom is 0.271 e. The van der Waals surface area contributed by atoms with Gasteiger partial charge in [0, 0.05) is 5.38 Å². The number of amides is 1. The van der Waals surface area contributed by atoms with Crippen LogP contribution in [0.5, 0.6) is 5.75 Å². The molecule has 1 unspecified atom stereocenters. The van der Waals surface area contributed by atoms with Gasteiger partial charge in [-0.2, -0.15) is 0 Å². The molecule has 0 saturated heterocycles. The number of carbonyl (C=O) groups excluding carboxylic acids is 1. The standard InChI is InChI=1S/C20H18N2O4S2/c1-26-17-8-4-2-7-14(17)20-22-16(12-27-20)19(23)21-15-10-11-28(24,25)18-9-5-3-6-13(15)18/h2-9,12,15H,10-11H2,1H3,(H,21,23). The number of hydrogen-bond donors (Lipinski definition) is 1. The molecule has 1 aliphatic rings. The van der Waals surface area contributed by atoms with E-state index in [1.165, 1.54) is 11.3 Å². The molecule has 1 atom stereocenters. The summed E-state index contributed by atoms with van der Waals surface area (Å²) in [6.07, 6.45) is 0.342. The normalized spacial score (nSPS) is 17.5. The number of carbonyl (C=O) groups is 1. The lowest BCUT2D eigenvalue weighted by atomic mass is 10.0. The number of ether oxygens (including phenoxy) is 1. The molecule has 0 spiro atoms. The lowest BCUT2D eigenvalue weighted by Crippen LogP contribution is -2.34. The van der Waals surface area contributed by atoms with Crippen LogP contribution in [0.1, 0.15) is 28.5 Å². The lowest BCUT2D eigenvalue weighted by Gasteiger charge is -2.25. The van der Waals surface area contributed by atoms with E-state index >= 15 is 0 Å². The predicted molar refractivity (Wildman–Crippen MR) is 107 cm³/mol. The van der Waals surface area contributed by atoms with Crippen LogP contribution in [0.3, 0.4) is 0 Å². The first-order valence-corrected chi connectivity index (χ1v) is 11.2. The monoisotopic (exact) mass is 414 g/mol. The third kappa shape index (κ3) is 3.41. The third-order valence-corrected chi connectivity index (χ3v) is 7.37. The van der Waals surface area contributed by atoms with Crippen LogP contribution >= 0.6 is 11.3 Å². The number of sulfone groups is 1. The van der Waals surface area contributed by atoms with Gasteiger partial charge in [-0.25, -0.2) is 13.4 Å². The van der Waals surface area contributed by atoms with Crippen molar-refractivity contribution in [3.05, 3.63) is 65.2 Å². The van der Waals surface area contributed by atoms with E-state index in [0.29, 0.717) is 33.3 Å². The van der Waals surface area contributed by atoms with Gasteiger partial charge in [0.05, 0.1) is 29.4 Å². The highest BCUT2D eigenvalue weighted by Gasteiger charge is 2.31. The Kier molecular flexibility index (Phi) is 4.91. The quantitative estimate of drug-likeness (QED) is 0.707. The van der Waals surface area contributed by atoms with Crippen LogP contribution in [0.2, 0.25) is 0 Å².